The lowest BCUT2D eigenvalue weighted by molar-refractivity contribution is -0.120. The molecule has 6 nitrogen and oxygen atoms in total. The van der Waals surface area contributed by atoms with Crippen molar-refractivity contribution in [1.29, 1.82) is 0 Å². The Labute approximate surface area is 184 Å². The summed E-state index contributed by atoms with van der Waals surface area (Å²) in [4.78, 5) is 32.1. The van der Waals surface area contributed by atoms with Crippen molar-refractivity contribution in [2.75, 3.05) is 43.1 Å². The highest BCUT2D eigenvalue weighted by atomic mass is 16.3. The molecular formula is C25H31N3O3. The molecule has 164 valence electrons. The van der Waals surface area contributed by atoms with Crippen LogP contribution in [-0.2, 0) is 9.59 Å². The molecule has 1 aliphatic rings. The fourth-order valence-corrected chi connectivity index (χ4v) is 4.11. The zero-order chi connectivity index (χ0) is 22.7. The fourth-order valence-electron chi connectivity index (χ4n) is 4.11. The van der Waals surface area contributed by atoms with Gasteiger partial charge in [-0.25, -0.2) is 4.90 Å². The standard InChI is InChI=1S/C25H31N3O3/c1-6-27(7-2)19-9-11-20(12-10-19)28-24(30)22(21-13-8-17(3)16-18(21)4)23(25(28)31)26(5)14-15-29/h8-13,16,29H,6-7,14-15H2,1-5H3. The first-order valence-electron chi connectivity index (χ1n) is 10.7. The molecule has 0 saturated heterocycles. The van der Waals surface area contributed by atoms with Gasteiger partial charge in [-0.3, -0.25) is 9.59 Å². The van der Waals surface area contributed by atoms with Crippen LogP contribution in [0, 0.1) is 13.8 Å². The van der Waals surface area contributed by atoms with Gasteiger partial charge in [0.15, 0.2) is 0 Å². The molecule has 2 aromatic rings. The van der Waals surface area contributed by atoms with Gasteiger partial charge >= 0.3 is 0 Å². The van der Waals surface area contributed by atoms with Crippen molar-refractivity contribution in [3.05, 3.63) is 64.9 Å². The van der Waals surface area contributed by atoms with Gasteiger partial charge in [0.1, 0.15) is 5.70 Å². The van der Waals surface area contributed by atoms with Crippen molar-refractivity contribution >= 4 is 28.8 Å². The number of aliphatic hydroxyl groups is 1. The lowest BCUT2D eigenvalue weighted by Gasteiger charge is -2.23. The smallest absolute Gasteiger partial charge is 0.282 e. The number of rotatable bonds is 8. The summed E-state index contributed by atoms with van der Waals surface area (Å²) in [6.45, 7) is 10.0. The second kappa shape index (κ2) is 9.35. The Morgan fingerprint density at radius 1 is 0.935 bits per heavy atom. The molecule has 3 rings (SSSR count). The Bertz CT molecular complexity index is 1010. The lowest BCUT2D eigenvalue weighted by atomic mass is 9.97. The maximum absolute atomic E-state index is 13.6. The van der Waals surface area contributed by atoms with Crippen LogP contribution in [0.25, 0.3) is 5.57 Å². The molecule has 0 aromatic heterocycles. The third kappa shape index (κ3) is 4.21. The number of amides is 2. The van der Waals surface area contributed by atoms with Gasteiger partial charge in [0.05, 0.1) is 17.9 Å². The van der Waals surface area contributed by atoms with Gasteiger partial charge in [-0.1, -0.05) is 23.8 Å². The molecular weight excluding hydrogens is 390 g/mol. The fraction of sp³-hybridized carbons (Fsp3) is 0.360. The van der Waals surface area contributed by atoms with E-state index in [1.54, 1.807) is 11.9 Å². The van der Waals surface area contributed by atoms with E-state index < -0.39 is 0 Å². The summed E-state index contributed by atoms with van der Waals surface area (Å²) in [5, 5.41) is 9.43. The number of imide groups is 1. The van der Waals surface area contributed by atoms with Crippen LogP contribution in [0.2, 0.25) is 0 Å². The van der Waals surface area contributed by atoms with E-state index in [-0.39, 0.29) is 25.0 Å². The van der Waals surface area contributed by atoms with Crippen molar-refractivity contribution in [2.24, 2.45) is 0 Å². The molecule has 0 bridgehead atoms. The molecule has 0 aliphatic carbocycles. The molecule has 1 N–H and O–H groups in total. The number of carbonyl (C=O) groups excluding carboxylic acids is 2. The number of aliphatic hydroxyl groups excluding tert-OH is 1. The molecule has 0 atom stereocenters. The van der Waals surface area contributed by atoms with Crippen molar-refractivity contribution in [3.63, 3.8) is 0 Å². The number of benzene rings is 2. The molecule has 31 heavy (non-hydrogen) atoms. The van der Waals surface area contributed by atoms with Crippen molar-refractivity contribution < 1.29 is 14.7 Å². The van der Waals surface area contributed by atoms with E-state index in [1.165, 1.54) is 4.90 Å². The van der Waals surface area contributed by atoms with E-state index in [2.05, 4.69) is 18.7 Å². The normalized spacial score (nSPS) is 13.9. The zero-order valence-corrected chi connectivity index (χ0v) is 19.0. The number of anilines is 2. The first-order valence-corrected chi connectivity index (χ1v) is 10.7. The van der Waals surface area contributed by atoms with E-state index in [0.29, 0.717) is 17.0 Å². The highest BCUT2D eigenvalue weighted by Crippen LogP contribution is 2.36. The highest BCUT2D eigenvalue weighted by Gasteiger charge is 2.42. The molecule has 2 aromatic carbocycles. The Kier molecular flexibility index (Phi) is 6.81. The van der Waals surface area contributed by atoms with Crippen molar-refractivity contribution in [3.8, 4) is 0 Å². The van der Waals surface area contributed by atoms with Gasteiger partial charge in [0.2, 0.25) is 0 Å². The van der Waals surface area contributed by atoms with Crippen LogP contribution in [0.5, 0.6) is 0 Å². The average Bonchev–Trinajstić information content (AvgIpc) is 3.00. The van der Waals surface area contributed by atoms with Gasteiger partial charge in [-0.05, 0) is 63.1 Å². The predicted molar refractivity (Wildman–Crippen MR) is 125 cm³/mol. The highest BCUT2D eigenvalue weighted by molar-refractivity contribution is 6.45. The van der Waals surface area contributed by atoms with Crippen LogP contribution in [0.3, 0.4) is 0 Å². The van der Waals surface area contributed by atoms with E-state index in [0.717, 1.165) is 35.5 Å². The van der Waals surface area contributed by atoms with E-state index in [1.807, 2.05) is 56.3 Å². The number of carbonyl (C=O) groups is 2. The summed E-state index contributed by atoms with van der Waals surface area (Å²) in [6.07, 6.45) is 0. The van der Waals surface area contributed by atoms with Crippen LogP contribution < -0.4 is 9.80 Å². The molecule has 1 aliphatic heterocycles. The molecule has 6 heteroatoms. The Morgan fingerprint density at radius 2 is 1.58 bits per heavy atom. The molecule has 0 fully saturated rings. The van der Waals surface area contributed by atoms with Gasteiger partial charge in [-0.15, -0.1) is 0 Å². The summed E-state index contributed by atoms with van der Waals surface area (Å²) < 4.78 is 0. The third-order valence-electron chi connectivity index (χ3n) is 5.76. The summed E-state index contributed by atoms with van der Waals surface area (Å²) in [6, 6.07) is 13.4. The first kappa shape index (κ1) is 22.6. The molecule has 1 heterocycles. The van der Waals surface area contributed by atoms with Crippen LogP contribution in [0.1, 0.15) is 30.5 Å². The number of nitrogens with zero attached hydrogens (tertiary/aromatic N) is 3. The predicted octanol–water partition coefficient (Wildman–Crippen LogP) is 3.36. The zero-order valence-electron chi connectivity index (χ0n) is 19.0. The summed E-state index contributed by atoms with van der Waals surface area (Å²) in [7, 11) is 1.73. The summed E-state index contributed by atoms with van der Waals surface area (Å²) >= 11 is 0. The van der Waals surface area contributed by atoms with Crippen molar-refractivity contribution in [2.45, 2.75) is 27.7 Å². The van der Waals surface area contributed by atoms with Gasteiger partial charge in [-0.2, -0.15) is 0 Å². The second-order valence-electron chi connectivity index (χ2n) is 7.82. The topological polar surface area (TPSA) is 64.1 Å². The largest absolute Gasteiger partial charge is 0.395 e. The monoisotopic (exact) mass is 421 g/mol. The summed E-state index contributed by atoms with van der Waals surface area (Å²) in [5.41, 5.74) is 5.06. The Morgan fingerprint density at radius 3 is 2.13 bits per heavy atom. The van der Waals surface area contributed by atoms with Crippen LogP contribution >= 0.6 is 0 Å². The number of likely N-dealkylation sites (N-methyl/N-ethyl adjacent to an activating group) is 1. The number of hydrogen-bond donors (Lipinski definition) is 1. The molecule has 2 amide bonds. The maximum atomic E-state index is 13.6. The molecule has 0 spiro atoms. The minimum atomic E-state index is -0.369. The minimum Gasteiger partial charge on any atom is -0.395 e. The average molecular weight is 422 g/mol. The maximum Gasteiger partial charge on any atom is 0.282 e. The Hall–Kier alpha value is -3.12. The third-order valence-corrected chi connectivity index (χ3v) is 5.76. The second-order valence-corrected chi connectivity index (χ2v) is 7.82. The minimum absolute atomic E-state index is 0.111. The quantitative estimate of drug-likeness (QED) is 0.662. The lowest BCUT2D eigenvalue weighted by Crippen LogP contribution is -2.35. The van der Waals surface area contributed by atoms with Crippen LogP contribution in [-0.4, -0.2) is 55.1 Å². The molecule has 0 saturated carbocycles. The van der Waals surface area contributed by atoms with Crippen molar-refractivity contribution in [1.82, 2.24) is 4.90 Å². The summed E-state index contributed by atoms with van der Waals surface area (Å²) in [5.74, 6) is -0.709. The van der Waals surface area contributed by atoms with E-state index in [9.17, 15) is 14.7 Å². The number of hydrogen-bond acceptors (Lipinski definition) is 5. The van der Waals surface area contributed by atoms with Crippen LogP contribution in [0.4, 0.5) is 11.4 Å². The van der Waals surface area contributed by atoms with Crippen LogP contribution in [0.15, 0.2) is 48.2 Å². The van der Waals surface area contributed by atoms with Gasteiger partial charge in [0.25, 0.3) is 11.8 Å². The van der Waals surface area contributed by atoms with E-state index in [4.69, 9.17) is 0 Å². The van der Waals surface area contributed by atoms with E-state index >= 15 is 0 Å². The Balaban J connectivity index is 2.07. The number of aryl methyl sites for hydroxylation is 2. The SMILES string of the molecule is CCN(CC)c1ccc(N2C(=O)C(c3ccc(C)cc3C)=C(N(C)CCO)C2=O)cc1. The molecule has 0 unspecified atom stereocenters. The van der Waals surface area contributed by atoms with Gasteiger partial charge < -0.3 is 14.9 Å². The van der Waals surface area contributed by atoms with Gasteiger partial charge in [0, 0.05) is 32.4 Å². The molecule has 0 radical (unpaired) electrons. The first-order chi connectivity index (χ1) is 14.8.